The van der Waals surface area contributed by atoms with E-state index in [-0.39, 0.29) is 11.2 Å². The highest BCUT2D eigenvalue weighted by atomic mass is 35.5. The van der Waals surface area contributed by atoms with Crippen LogP contribution in [0.1, 0.15) is 23.6 Å². The quantitative estimate of drug-likeness (QED) is 0.583. The summed E-state index contributed by atoms with van der Waals surface area (Å²) in [6.45, 7) is 3.92. The summed E-state index contributed by atoms with van der Waals surface area (Å²) in [5, 5.41) is 12.6. The van der Waals surface area contributed by atoms with Crippen molar-refractivity contribution < 1.29 is 4.79 Å². The van der Waals surface area contributed by atoms with Crippen LogP contribution in [-0.4, -0.2) is 22.0 Å². The van der Waals surface area contributed by atoms with Crippen LogP contribution in [0.5, 0.6) is 0 Å². The van der Waals surface area contributed by atoms with E-state index in [1.807, 2.05) is 38.1 Å². The molecule has 2 aromatic rings. The van der Waals surface area contributed by atoms with Crippen LogP contribution < -0.4 is 5.32 Å². The molecule has 134 valence electrons. The number of carbonyl (C=O) groups is 1. The Morgan fingerprint density at radius 3 is 2.65 bits per heavy atom. The summed E-state index contributed by atoms with van der Waals surface area (Å²) in [6, 6.07) is 13.3. The van der Waals surface area contributed by atoms with E-state index in [0.29, 0.717) is 21.6 Å². The Bertz CT molecular complexity index is 894. The lowest BCUT2D eigenvalue weighted by Crippen LogP contribution is -2.26. The van der Waals surface area contributed by atoms with Crippen molar-refractivity contribution in [2.45, 2.75) is 25.5 Å². The number of thioether (sulfide) groups is 1. The maximum absolute atomic E-state index is 12.2. The summed E-state index contributed by atoms with van der Waals surface area (Å²) < 4.78 is 0. The smallest absolute Gasteiger partial charge is 0.239 e. The van der Waals surface area contributed by atoms with E-state index >= 15 is 0 Å². The lowest BCUT2D eigenvalue weighted by Gasteiger charge is -2.07. The van der Waals surface area contributed by atoms with Crippen LogP contribution in [0.4, 0.5) is 0 Å². The van der Waals surface area contributed by atoms with Crippen molar-refractivity contribution in [3.8, 4) is 0 Å². The van der Waals surface area contributed by atoms with E-state index in [4.69, 9.17) is 23.2 Å². The van der Waals surface area contributed by atoms with Crippen molar-refractivity contribution in [3.63, 3.8) is 0 Å². The van der Waals surface area contributed by atoms with Gasteiger partial charge in [0, 0.05) is 10.0 Å². The number of nitrogens with zero attached hydrogens (tertiary/aromatic N) is 2. The van der Waals surface area contributed by atoms with E-state index in [2.05, 4.69) is 15.5 Å². The fourth-order valence-corrected chi connectivity index (χ4v) is 3.79. The summed E-state index contributed by atoms with van der Waals surface area (Å²) in [7, 11) is 0. The molecule has 3 rings (SSSR count). The largest absolute Gasteiger partial charge is 0.303 e. The second-order valence-corrected chi connectivity index (χ2v) is 8.03. The highest BCUT2D eigenvalue weighted by molar-refractivity contribution is 8.15. The molecule has 1 amide bonds. The molecule has 1 N–H and O–H groups in total. The van der Waals surface area contributed by atoms with E-state index < -0.39 is 0 Å². The van der Waals surface area contributed by atoms with Crippen LogP contribution in [0.2, 0.25) is 10.0 Å². The van der Waals surface area contributed by atoms with E-state index in [0.717, 1.165) is 16.8 Å². The van der Waals surface area contributed by atoms with Gasteiger partial charge in [0.2, 0.25) is 5.91 Å². The Morgan fingerprint density at radius 2 is 1.92 bits per heavy atom. The summed E-state index contributed by atoms with van der Waals surface area (Å²) in [5.41, 5.74) is 3.81. The molecular weight excluding hydrogens is 389 g/mol. The molecule has 0 unspecified atom stereocenters. The van der Waals surface area contributed by atoms with Crippen LogP contribution in [0.15, 0.2) is 52.7 Å². The molecule has 2 aromatic carbocycles. The number of aryl methyl sites for hydroxylation is 1. The number of halogens is 2. The summed E-state index contributed by atoms with van der Waals surface area (Å²) >= 11 is 13.5. The minimum Gasteiger partial charge on any atom is -0.303 e. The fraction of sp³-hybridized carbons (Fsp3) is 0.211. The van der Waals surface area contributed by atoms with Gasteiger partial charge >= 0.3 is 0 Å². The normalized spacial score (nSPS) is 19.1. The highest BCUT2D eigenvalue weighted by Crippen LogP contribution is 2.28. The Kier molecular flexibility index (Phi) is 6.01. The van der Waals surface area contributed by atoms with Crippen LogP contribution in [0.25, 0.3) is 0 Å². The first-order chi connectivity index (χ1) is 12.4. The lowest BCUT2D eigenvalue weighted by atomic mass is 10.1. The molecule has 0 saturated carbocycles. The number of rotatable bonds is 4. The van der Waals surface area contributed by atoms with Crippen molar-refractivity contribution in [2.75, 3.05) is 0 Å². The molecule has 1 atom stereocenters. The minimum atomic E-state index is -0.306. The molecule has 7 heteroatoms. The third-order valence-electron chi connectivity index (χ3n) is 3.95. The van der Waals surface area contributed by atoms with Crippen LogP contribution in [0, 0.1) is 6.92 Å². The summed E-state index contributed by atoms with van der Waals surface area (Å²) in [6.07, 6.45) is 0.482. The molecule has 1 aliphatic rings. The summed E-state index contributed by atoms with van der Waals surface area (Å²) in [4.78, 5) is 12.2. The number of amides is 1. The minimum absolute atomic E-state index is 0.104. The van der Waals surface area contributed by atoms with Gasteiger partial charge in [-0.25, -0.2) is 0 Å². The van der Waals surface area contributed by atoms with Gasteiger partial charge in [-0.15, -0.1) is 5.10 Å². The second-order valence-electron chi connectivity index (χ2n) is 5.99. The van der Waals surface area contributed by atoms with Gasteiger partial charge in [0.05, 0.1) is 11.0 Å². The van der Waals surface area contributed by atoms with Gasteiger partial charge in [-0.1, -0.05) is 64.8 Å². The standard InChI is InChI=1S/C19H17Cl2N3OS/c1-11-3-5-13(6-4-11)12(2)23-24-19-22-18(25)17(26-19)10-14-9-15(20)7-8-16(14)21/h3-9,17H,10H2,1-2H3,(H,22,24,25)/t17-/m0/s1. The molecule has 0 aromatic heterocycles. The van der Waals surface area contributed by atoms with E-state index in [9.17, 15) is 4.79 Å². The SMILES string of the molecule is CC(=N/N=C1\NC(=O)[C@H](Cc2cc(Cl)ccc2Cl)S1)c1ccc(C)cc1. The number of nitrogens with one attached hydrogen (secondary N) is 1. The zero-order chi connectivity index (χ0) is 18.7. The predicted molar refractivity (Wildman–Crippen MR) is 111 cm³/mol. The zero-order valence-electron chi connectivity index (χ0n) is 14.3. The van der Waals surface area contributed by atoms with Gasteiger partial charge in [-0.05, 0) is 49.6 Å². The van der Waals surface area contributed by atoms with Gasteiger partial charge in [0.1, 0.15) is 0 Å². The van der Waals surface area contributed by atoms with E-state index in [1.54, 1.807) is 18.2 Å². The van der Waals surface area contributed by atoms with Crippen molar-refractivity contribution in [3.05, 3.63) is 69.2 Å². The molecule has 1 saturated heterocycles. The van der Waals surface area contributed by atoms with Gasteiger partial charge in [-0.2, -0.15) is 5.10 Å². The molecule has 1 heterocycles. The maximum Gasteiger partial charge on any atom is 0.239 e. The second kappa shape index (κ2) is 8.25. The molecule has 26 heavy (non-hydrogen) atoms. The first kappa shape index (κ1) is 19.0. The molecule has 0 bridgehead atoms. The van der Waals surface area contributed by atoms with Crippen LogP contribution in [-0.2, 0) is 11.2 Å². The molecule has 0 spiro atoms. The number of hydrogen-bond donors (Lipinski definition) is 1. The fourth-order valence-electron chi connectivity index (χ4n) is 2.46. The van der Waals surface area contributed by atoms with Crippen molar-refractivity contribution in [2.24, 2.45) is 10.2 Å². The molecule has 0 radical (unpaired) electrons. The summed E-state index contributed by atoms with van der Waals surface area (Å²) in [5.74, 6) is -0.104. The zero-order valence-corrected chi connectivity index (χ0v) is 16.6. The first-order valence-electron chi connectivity index (χ1n) is 8.03. The molecule has 4 nitrogen and oxygen atoms in total. The van der Waals surface area contributed by atoms with Gasteiger partial charge in [0.15, 0.2) is 5.17 Å². The topological polar surface area (TPSA) is 53.8 Å². The van der Waals surface area contributed by atoms with Gasteiger partial charge in [0.25, 0.3) is 0 Å². The maximum atomic E-state index is 12.2. The monoisotopic (exact) mass is 405 g/mol. The van der Waals surface area contributed by atoms with E-state index in [1.165, 1.54) is 17.3 Å². The van der Waals surface area contributed by atoms with Crippen LogP contribution in [0.3, 0.4) is 0 Å². The average Bonchev–Trinajstić information content (AvgIpc) is 2.96. The van der Waals surface area contributed by atoms with Gasteiger partial charge < -0.3 is 5.32 Å². The Labute approximate surface area is 166 Å². The first-order valence-corrected chi connectivity index (χ1v) is 9.66. The van der Waals surface area contributed by atoms with Crippen molar-refractivity contribution in [1.29, 1.82) is 0 Å². The van der Waals surface area contributed by atoms with Crippen molar-refractivity contribution in [1.82, 2.24) is 5.32 Å². The molecular formula is C19H17Cl2N3OS. The van der Waals surface area contributed by atoms with Gasteiger partial charge in [-0.3, -0.25) is 4.79 Å². The highest BCUT2D eigenvalue weighted by Gasteiger charge is 2.31. The third kappa shape index (κ3) is 4.67. The number of benzene rings is 2. The number of amidine groups is 1. The number of carbonyl (C=O) groups excluding carboxylic acids is 1. The Balaban J connectivity index is 1.70. The molecule has 1 aliphatic heterocycles. The predicted octanol–water partition coefficient (Wildman–Crippen LogP) is 4.86. The third-order valence-corrected chi connectivity index (χ3v) is 5.63. The molecule has 1 fully saturated rings. The molecule has 0 aliphatic carbocycles. The average molecular weight is 406 g/mol. The lowest BCUT2D eigenvalue weighted by molar-refractivity contribution is -0.118. The van der Waals surface area contributed by atoms with Crippen molar-refractivity contribution >= 4 is 51.8 Å². The Morgan fingerprint density at radius 1 is 1.19 bits per heavy atom. The van der Waals surface area contributed by atoms with Crippen LogP contribution >= 0.6 is 35.0 Å². The number of hydrogen-bond acceptors (Lipinski definition) is 4. The Hall–Kier alpha value is -1.82.